The SMILES string of the molecule is CCCNC(=O)[C@H](CC)N(Cc1ccc(OC)cc1)C(=O)CN(c1ccccc1)S(=O)(=O)c1ccccc1. The molecule has 202 valence electrons. The van der Waals surface area contributed by atoms with Crippen LogP contribution >= 0.6 is 0 Å². The molecule has 9 heteroatoms. The Hall–Kier alpha value is -3.85. The van der Waals surface area contributed by atoms with Crippen molar-refractivity contribution in [3.8, 4) is 5.75 Å². The van der Waals surface area contributed by atoms with E-state index in [0.29, 0.717) is 24.4 Å². The van der Waals surface area contributed by atoms with Crippen molar-refractivity contribution in [2.45, 2.75) is 44.2 Å². The molecular weight excluding hydrogens is 502 g/mol. The summed E-state index contributed by atoms with van der Waals surface area (Å²) < 4.78 is 33.7. The van der Waals surface area contributed by atoms with Gasteiger partial charge < -0.3 is 15.0 Å². The summed E-state index contributed by atoms with van der Waals surface area (Å²) in [5, 5.41) is 2.88. The minimum Gasteiger partial charge on any atom is -0.497 e. The molecule has 0 aromatic heterocycles. The predicted octanol–water partition coefficient (Wildman–Crippen LogP) is 4.22. The van der Waals surface area contributed by atoms with Gasteiger partial charge in [-0.2, -0.15) is 0 Å². The number of amides is 2. The van der Waals surface area contributed by atoms with Crippen LogP contribution in [0.15, 0.2) is 89.8 Å². The maximum absolute atomic E-state index is 13.9. The summed E-state index contributed by atoms with van der Waals surface area (Å²) in [4.78, 5) is 28.5. The Labute approximate surface area is 225 Å². The van der Waals surface area contributed by atoms with Crippen LogP contribution in [0.3, 0.4) is 0 Å². The molecule has 0 saturated carbocycles. The van der Waals surface area contributed by atoms with Gasteiger partial charge in [-0.1, -0.05) is 62.4 Å². The van der Waals surface area contributed by atoms with Crippen molar-refractivity contribution in [1.82, 2.24) is 10.2 Å². The quantitative estimate of drug-likeness (QED) is 0.352. The number of nitrogens with one attached hydrogen (secondary N) is 1. The second-order valence-corrected chi connectivity index (χ2v) is 10.6. The van der Waals surface area contributed by atoms with E-state index in [2.05, 4.69) is 5.32 Å². The fraction of sp³-hybridized carbons (Fsp3) is 0.310. The number of nitrogens with zero attached hydrogens (tertiary/aromatic N) is 2. The third-order valence-electron chi connectivity index (χ3n) is 6.10. The number of ether oxygens (including phenoxy) is 1. The number of sulfonamides is 1. The van der Waals surface area contributed by atoms with E-state index in [1.807, 2.05) is 26.0 Å². The normalized spacial score (nSPS) is 11.9. The van der Waals surface area contributed by atoms with Gasteiger partial charge in [-0.15, -0.1) is 0 Å². The van der Waals surface area contributed by atoms with Crippen LogP contribution in [0, 0.1) is 0 Å². The fourth-order valence-electron chi connectivity index (χ4n) is 4.06. The highest BCUT2D eigenvalue weighted by molar-refractivity contribution is 7.92. The molecule has 0 aliphatic rings. The molecule has 1 N–H and O–H groups in total. The number of hydrogen-bond acceptors (Lipinski definition) is 5. The summed E-state index contributed by atoms with van der Waals surface area (Å²) in [6, 6.07) is 23.0. The van der Waals surface area contributed by atoms with Gasteiger partial charge in [-0.25, -0.2) is 8.42 Å². The van der Waals surface area contributed by atoms with Crippen LogP contribution in [0.5, 0.6) is 5.75 Å². The lowest BCUT2D eigenvalue weighted by molar-refractivity contribution is -0.140. The van der Waals surface area contributed by atoms with E-state index in [0.717, 1.165) is 16.3 Å². The van der Waals surface area contributed by atoms with Gasteiger partial charge in [0.15, 0.2) is 0 Å². The number of benzene rings is 3. The number of rotatable bonds is 13. The highest BCUT2D eigenvalue weighted by atomic mass is 32.2. The molecule has 38 heavy (non-hydrogen) atoms. The monoisotopic (exact) mass is 537 g/mol. The summed E-state index contributed by atoms with van der Waals surface area (Å²) in [6.45, 7) is 3.94. The number of methoxy groups -OCH3 is 1. The van der Waals surface area contributed by atoms with Gasteiger partial charge in [-0.3, -0.25) is 13.9 Å². The summed E-state index contributed by atoms with van der Waals surface area (Å²) in [5.41, 5.74) is 1.15. The first-order valence-corrected chi connectivity index (χ1v) is 14.1. The zero-order chi connectivity index (χ0) is 27.5. The zero-order valence-corrected chi connectivity index (χ0v) is 22.9. The van der Waals surface area contributed by atoms with Crippen LogP contribution in [0.4, 0.5) is 5.69 Å². The summed E-state index contributed by atoms with van der Waals surface area (Å²) in [7, 11) is -2.49. The zero-order valence-electron chi connectivity index (χ0n) is 22.0. The molecule has 1 atom stereocenters. The van der Waals surface area contributed by atoms with Crippen LogP contribution in [-0.2, 0) is 26.2 Å². The van der Waals surface area contributed by atoms with E-state index in [4.69, 9.17) is 4.74 Å². The van der Waals surface area contributed by atoms with Crippen molar-refractivity contribution < 1.29 is 22.7 Å². The molecule has 0 aliphatic heterocycles. The largest absolute Gasteiger partial charge is 0.497 e. The topological polar surface area (TPSA) is 96.0 Å². The third kappa shape index (κ3) is 7.13. The number of hydrogen-bond donors (Lipinski definition) is 1. The Balaban J connectivity index is 2.00. The standard InChI is InChI=1S/C29H35N3O5S/c1-4-20-30-29(34)27(5-2)31(21-23-16-18-25(37-3)19-17-23)28(33)22-32(24-12-8-6-9-13-24)38(35,36)26-14-10-7-11-15-26/h6-19,27H,4-5,20-22H2,1-3H3,(H,30,34)/t27-/m0/s1. The summed E-state index contributed by atoms with van der Waals surface area (Å²) >= 11 is 0. The first kappa shape index (κ1) is 28.7. The Morgan fingerprint density at radius 3 is 2.05 bits per heavy atom. The van der Waals surface area contributed by atoms with Crippen molar-refractivity contribution in [2.75, 3.05) is 24.5 Å². The number of para-hydroxylation sites is 1. The van der Waals surface area contributed by atoms with Crippen molar-refractivity contribution >= 4 is 27.5 Å². The number of carbonyl (C=O) groups excluding carboxylic acids is 2. The molecule has 8 nitrogen and oxygen atoms in total. The number of carbonyl (C=O) groups is 2. The van der Waals surface area contributed by atoms with Gasteiger partial charge in [0.25, 0.3) is 10.0 Å². The molecule has 2 amide bonds. The van der Waals surface area contributed by atoms with Crippen LogP contribution in [0.1, 0.15) is 32.3 Å². The Morgan fingerprint density at radius 2 is 1.50 bits per heavy atom. The Kier molecular flexibility index (Phi) is 10.3. The predicted molar refractivity (Wildman–Crippen MR) is 148 cm³/mol. The molecule has 0 radical (unpaired) electrons. The first-order valence-electron chi connectivity index (χ1n) is 12.6. The molecular formula is C29H35N3O5S. The highest BCUT2D eigenvalue weighted by Crippen LogP contribution is 2.24. The molecule has 0 bridgehead atoms. The van der Waals surface area contributed by atoms with Crippen molar-refractivity contribution in [3.63, 3.8) is 0 Å². The summed E-state index contributed by atoms with van der Waals surface area (Å²) in [5.74, 6) is -0.0837. The van der Waals surface area contributed by atoms with Gasteiger partial charge in [0, 0.05) is 13.1 Å². The van der Waals surface area contributed by atoms with Gasteiger partial charge in [0.2, 0.25) is 11.8 Å². The second kappa shape index (κ2) is 13.6. The van der Waals surface area contributed by atoms with Gasteiger partial charge in [-0.05, 0) is 54.8 Å². The third-order valence-corrected chi connectivity index (χ3v) is 7.89. The van der Waals surface area contributed by atoms with E-state index < -0.39 is 28.5 Å². The van der Waals surface area contributed by atoms with Crippen molar-refractivity contribution in [3.05, 3.63) is 90.5 Å². The lowest BCUT2D eigenvalue weighted by atomic mass is 10.1. The average molecular weight is 538 g/mol. The molecule has 0 spiro atoms. The molecule has 0 saturated heterocycles. The van der Waals surface area contributed by atoms with E-state index in [-0.39, 0.29) is 17.3 Å². The van der Waals surface area contributed by atoms with E-state index in [1.54, 1.807) is 67.8 Å². The molecule has 0 aliphatic carbocycles. The fourth-order valence-corrected chi connectivity index (χ4v) is 5.49. The van der Waals surface area contributed by atoms with Crippen LogP contribution in [0.25, 0.3) is 0 Å². The highest BCUT2D eigenvalue weighted by Gasteiger charge is 2.33. The van der Waals surface area contributed by atoms with E-state index in [1.165, 1.54) is 17.0 Å². The Morgan fingerprint density at radius 1 is 0.895 bits per heavy atom. The van der Waals surface area contributed by atoms with Gasteiger partial charge in [0.05, 0.1) is 17.7 Å². The van der Waals surface area contributed by atoms with Crippen LogP contribution < -0.4 is 14.4 Å². The van der Waals surface area contributed by atoms with Crippen LogP contribution in [0.2, 0.25) is 0 Å². The van der Waals surface area contributed by atoms with Crippen molar-refractivity contribution in [2.24, 2.45) is 0 Å². The smallest absolute Gasteiger partial charge is 0.264 e. The second-order valence-electron chi connectivity index (χ2n) is 8.75. The Bertz CT molecular complexity index is 1280. The molecule has 3 aromatic rings. The van der Waals surface area contributed by atoms with E-state index >= 15 is 0 Å². The average Bonchev–Trinajstić information content (AvgIpc) is 2.95. The molecule has 0 fully saturated rings. The molecule has 0 unspecified atom stereocenters. The number of anilines is 1. The van der Waals surface area contributed by atoms with Crippen molar-refractivity contribution in [1.29, 1.82) is 0 Å². The maximum atomic E-state index is 13.9. The van der Waals surface area contributed by atoms with Gasteiger partial charge in [0.1, 0.15) is 18.3 Å². The maximum Gasteiger partial charge on any atom is 0.264 e. The lowest BCUT2D eigenvalue weighted by Gasteiger charge is -2.33. The minimum atomic E-state index is -4.06. The molecule has 3 aromatic carbocycles. The van der Waals surface area contributed by atoms with Gasteiger partial charge >= 0.3 is 0 Å². The minimum absolute atomic E-state index is 0.0751. The first-order chi connectivity index (χ1) is 18.3. The van der Waals surface area contributed by atoms with Crippen LogP contribution in [-0.4, -0.2) is 51.4 Å². The van der Waals surface area contributed by atoms with E-state index in [9.17, 15) is 18.0 Å². The lowest BCUT2D eigenvalue weighted by Crippen LogP contribution is -2.52. The molecule has 0 heterocycles. The molecule has 3 rings (SSSR count). The summed E-state index contributed by atoms with van der Waals surface area (Å²) in [6.07, 6.45) is 1.12.